The minimum atomic E-state index is -0.766. The zero-order valence-electron chi connectivity index (χ0n) is 12.6. The maximum atomic E-state index is 12.0. The highest BCUT2D eigenvalue weighted by atomic mass is 32.1. The third kappa shape index (κ3) is 3.97. The Balaban J connectivity index is 1.85. The molecule has 1 aromatic rings. The largest absolute Gasteiger partial charge is 0.481 e. The standard InChI is InChI=1S/C15H22N2O3S/c1-8-6-13(10(3)21-8)9(2)16-15(20)17-12-5-4-11(7-12)14(18)19/h6,9,11-12H,4-5,7H2,1-3H3,(H,18,19)(H2,16,17,20). The summed E-state index contributed by atoms with van der Waals surface area (Å²) in [4.78, 5) is 25.4. The SMILES string of the molecule is Cc1cc(C(C)NC(=O)NC2CCC(C(=O)O)C2)c(C)s1. The van der Waals surface area contributed by atoms with E-state index in [9.17, 15) is 9.59 Å². The Kier molecular flexibility index (Phi) is 4.88. The van der Waals surface area contributed by atoms with Crippen LogP contribution in [0.3, 0.4) is 0 Å². The summed E-state index contributed by atoms with van der Waals surface area (Å²) in [5, 5.41) is 14.8. The van der Waals surface area contributed by atoms with Gasteiger partial charge in [0.05, 0.1) is 12.0 Å². The van der Waals surface area contributed by atoms with Crippen molar-refractivity contribution in [1.82, 2.24) is 10.6 Å². The van der Waals surface area contributed by atoms with E-state index >= 15 is 0 Å². The topological polar surface area (TPSA) is 78.4 Å². The molecule has 0 bridgehead atoms. The molecule has 3 unspecified atom stereocenters. The smallest absolute Gasteiger partial charge is 0.315 e. The molecule has 1 fully saturated rings. The van der Waals surface area contributed by atoms with Crippen LogP contribution < -0.4 is 10.6 Å². The van der Waals surface area contributed by atoms with Crippen molar-refractivity contribution in [3.63, 3.8) is 0 Å². The quantitative estimate of drug-likeness (QED) is 0.800. The monoisotopic (exact) mass is 310 g/mol. The number of carboxylic acid groups (broad SMARTS) is 1. The molecule has 1 aliphatic rings. The van der Waals surface area contributed by atoms with Crippen molar-refractivity contribution >= 4 is 23.3 Å². The highest BCUT2D eigenvalue weighted by Gasteiger charge is 2.30. The summed E-state index contributed by atoms with van der Waals surface area (Å²) in [6.07, 6.45) is 1.89. The van der Waals surface area contributed by atoms with Crippen LogP contribution in [0.4, 0.5) is 4.79 Å². The third-order valence-electron chi connectivity index (χ3n) is 4.01. The average molecular weight is 310 g/mol. The van der Waals surface area contributed by atoms with Gasteiger partial charge in [-0.05, 0) is 51.7 Å². The predicted molar refractivity (Wildman–Crippen MR) is 82.6 cm³/mol. The number of rotatable bonds is 4. The number of thiophene rings is 1. The van der Waals surface area contributed by atoms with Gasteiger partial charge in [-0.15, -0.1) is 11.3 Å². The zero-order chi connectivity index (χ0) is 15.6. The highest BCUT2D eigenvalue weighted by Crippen LogP contribution is 2.27. The van der Waals surface area contributed by atoms with Crippen molar-refractivity contribution < 1.29 is 14.7 Å². The van der Waals surface area contributed by atoms with Crippen LogP contribution in [0.1, 0.15) is 47.5 Å². The number of carbonyl (C=O) groups is 2. The van der Waals surface area contributed by atoms with Gasteiger partial charge in [-0.25, -0.2) is 4.79 Å². The van der Waals surface area contributed by atoms with E-state index in [-0.39, 0.29) is 24.0 Å². The second-order valence-corrected chi connectivity index (χ2v) is 7.21. The number of urea groups is 1. The van der Waals surface area contributed by atoms with Gasteiger partial charge in [0.2, 0.25) is 0 Å². The molecule has 0 radical (unpaired) electrons. The molecule has 3 atom stereocenters. The predicted octanol–water partition coefficient (Wildman–Crippen LogP) is 2.98. The molecule has 0 aromatic carbocycles. The number of carboxylic acids is 1. The minimum Gasteiger partial charge on any atom is -0.481 e. The number of aryl methyl sites for hydroxylation is 2. The van der Waals surface area contributed by atoms with Crippen molar-refractivity contribution in [2.24, 2.45) is 5.92 Å². The lowest BCUT2D eigenvalue weighted by atomic mass is 10.1. The second-order valence-electron chi connectivity index (χ2n) is 5.75. The van der Waals surface area contributed by atoms with Gasteiger partial charge in [0.15, 0.2) is 0 Å². The lowest BCUT2D eigenvalue weighted by Crippen LogP contribution is -2.42. The Labute approximate surface area is 128 Å². The molecule has 5 nitrogen and oxygen atoms in total. The number of hydrogen-bond acceptors (Lipinski definition) is 3. The molecule has 6 heteroatoms. The van der Waals surface area contributed by atoms with Crippen molar-refractivity contribution in [2.45, 2.75) is 52.1 Å². The first-order valence-electron chi connectivity index (χ1n) is 7.23. The van der Waals surface area contributed by atoms with E-state index in [0.717, 1.165) is 12.0 Å². The van der Waals surface area contributed by atoms with Gasteiger partial charge in [-0.2, -0.15) is 0 Å². The van der Waals surface area contributed by atoms with Gasteiger partial charge in [-0.3, -0.25) is 4.79 Å². The molecule has 1 saturated carbocycles. The first kappa shape index (κ1) is 15.8. The zero-order valence-corrected chi connectivity index (χ0v) is 13.4. The summed E-state index contributed by atoms with van der Waals surface area (Å²) in [5.41, 5.74) is 1.14. The van der Waals surface area contributed by atoms with Gasteiger partial charge in [0.25, 0.3) is 0 Å². The van der Waals surface area contributed by atoms with Gasteiger partial charge < -0.3 is 15.7 Å². The van der Waals surface area contributed by atoms with E-state index < -0.39 is 5.97 Å². The summed E-state index contributed by atoms with van der Waals surface area (Å²) >= 11 is 1.72. The van der Waals surface area contributed by atoms with Crippen molar-refractivity contribution in [1.29, 1.82) is 0 Å². The maximum Gasteiger partial charge on any atom is 0.315 e. The second kappa shape index (κ2) is 6.47. The fraction of sp³-hybridized carbons (Fsp3) is 0.600. The molecule has 2 amide bonds. The summed E-state index contributed by atoms with van der Waals surface area (Å²) < 4.78 is 0. The van der Waals surface area contributed by atoms with Crippen molar-refractivity contribution in [3.8, 4) is 0 Å². The van der Waals surface area contributed by atoms with E-state index in [1.807, 2.05) is 6.92 Å². The van der Waals surface area contributed by atoms with Gasteiger partial charge >= 0.3 is 12.0 Å². The molecular weight excluding hydrogens is 288 g/mol. The lowest BCUT2D eigenvalue weighted by Gasteiger charge is -2.18. The molecule has 1 aromatic heterocycles. The molecule has 21 heavy (non-hydrogen) atoms. The number of carbonyl (C=O) groups excluding carboxylic acids is 1. The van der Waals surface area contributed by atoms with Crippen LogP contribution in [0.25, 0.3) is 0 Å². The molecule has 116 valence electrons. The molecule has 3 N–H and O–H groups in total. The van der Waals surface area contributed by atoms with Gasteiger partial charge in [0, 0.05) is 15.8 Å². The van der Waals surface area contributed by atoms with Crippen LogP contribution in [0.15, 0.2) is 6.07 Å². The molecule has 1 aliphatic carbocycles. The highest BCUT2D eigenvalue weighted by molar-refractivity contribution is 7.12. The average Bonchev–Trinajstić information content (AvgIpc) is 2.95. The van der Waals surface area contributed by atoms with Crippen LogP contribution in [0.5, 0.6) is 0 Å². The van der Waals surface area contributed by atoms with E-state index in [4.69, 9.17) is 5.11 Å². The van der Waals surface area contributed by atoms with Crippen LogP contribution in [-0.4, -0.2) is 23.1 Å². The first-order valence-corrected chi connectivity index (χ1v) is 8.05. The number of aliphatic carboxylic acids is 1. The third-order valence-corrected chi connectivity index (χ3v) is 4.99. The molecule has 0 spiro atoms. The Bertz CT molecular complexity index is 541. The van der Waals surface area contributed by atoms with Crippen LogP contribution in [0.2, 0.25) is 0 Å². The minimum absolute atomic E-state index is 0.0383. The Morgan fingerprint density at radius 3 is 2.62 bits per heavy atom. The van der Waals surface area contributed by atoms with E-state index in [1.54, 1.807) is 11.3 Å². The lowest BCUT2D eigenvalue weighted by molar-refractivity contribution is -0.141. The maximum absolute atomic E-state index is 12.0. The van der Waals surface area contributed by atoms with E-state index in [0.29, 0.717) is 12.8 Å². The number of hydrogen-bond donors (Lipinski definition) is 3. The van der Waals surface area contributed by atoms with Gasteiger partial charge in [-0.1, -0.05) is 0 Å². The molecule has 2 rings (SSSR count). The van der Waals surface area contributed by atoms with E-state index in [2.05, 4.69) is 30.5 Å². The summed E-state index contributed by atoms with van der Waals surface area (Å²) in [6, 6.07) is 1.79. The van der Waals surface area contributed by atoms with Crippen molar-refractivity contribution in [3.05, 3.63) is 21.4 Å². The fourth-order valence-corrected chi connectivity index (χ4v) is 3.94. The normalized spacial score (nSPS) is 22.8. The Hall–Kier alpha value is -1.56. The number of amides is 2. The van der Waals surface area contributed by atoms with E-state index in [1.165, 1.54) is 9.75 Å². The Morgan fingerprint density at radius 1 is 1.38 bits per heavy atom. The Morgan fingerprint density at radius 2 is 2.10 bits per heavy atom. The molecule has 1 heterocycles. The van der Waals surface area contributed by atoms with Crippen LogP contribution in [-0.2, 0) is 4.79 Å². The summed E-state index contributed by atoms with van der Waals surface area (Å²) in [5.74, 6) is -1.09. The molecule has 0 saturated heterocycles. The summed E-state index contributed by atoms with van der Waals surface area (Å²) in [7, 11) is 0. The summed E-state index contributed by atoms with van der Waals surface area (Å²) in [6.45, 7) is 6.07. The van der Waals surface area contributed by atoms with Crippen molar-refractivity contribution in [2.75, 3.05) is 0 Å². The fourth-order valence-electron chi connectivity index (χ4n) is 2.92. The van der Waals surface area contributed by atoms with Crippen LogP contribution >= 0.6 is 11.3 Å². The first-order chi connectivity index (χ1) is 9.86. The number of nitrogens with one attached hydrogen (secondary N) is 2. The van der Waals surface area contributed by atoms with Crippen LogP contribution in [0, 0.1) is 19.8 Å². The molecular formula is C15H22N2O3S. The molecule has 0 aliphatic heterocycles. The van der Waals surface area contributed by atoms with Gasteiger partial charge in [0.1, 0.15) is 0 Å².